The molecule has 0 atom stereocenters. The van der Waals surface area contributed by atoms with Crippen LogP contribution < -0.4 is 14.8 Å². The summed E-state index contributed by atoms with van der Waals surface area (Å²) >= 11 is 0.755. The first kappa shape index (κ1) is 24.6. The van der Waals surface area contributed by atoms with Crippen LogP contribution in [0.3, 0.4) is 0 Å². The fraction of sp³-hybridized carbons (Fsp3) is 0.450. The third kappa shape index (κ3) is 7.51. The van der Waals surface area contributed by atoms with E-state index in [1.54, 1.807) is 0 Å². The molecule has 0 spiro atoms. The Morgan fingerprint density at radius 2 is 2.00 bits per heavy atom. The van der Waals surface area contributed by atoms with Crippen molar-refractivity contribution >= 4 is 34.9 Å². The predicted molar refractivity (Wildman–Crippen MR) is 111 cm³/mol. The molecule has 0 unspecified atom stereocenters. The van der Waals surface area contributed by atoms with Crippen molar-refractivity contribution in [2.75, 3.05) is 26.8 Å². The second-order valence-corrected chi connectivity index (χ2v) is 7.63. The van der Waals surface area contributed by atoms with E-state index in [-0.39, 0.29) is 47.9 Å². The number of imide groups is 1. The van der Waals surface area contributed by atoms with Gasteiger partial charge in [-0.25, -0.2) is 0 Å². The number of hydrogen-bond acceptors (Lipinski definition) is 7. The van der Waals surface area contributed by atoms with Crippen molar-refractivity contribution in [1.29, 1.82) is 0 Å². The molecule has 0 bridgehead atoms. The van der Waals surface area contributed by atoms with Gasteiger partial charge in [-0.2, -0.15) is 8.78 Å². The van der Waals surface area contributed by atoms with E-state index in [1.807, 2.05) is 13.8 Å². The summed E-state index contributed by atoms with van der Waals surface area (Å²) in [6, 6.07) is 4.18. The van der Waals surface area contributed by atoms with Crippen LogP contribution >= 0.6 is 11.8 Å². The number of amides is 3. The van der Waals surface area contributed by atoms with Crippen molar-refractivity contribution < 1.29 is 37.4 Å². The largest absolute Gasteiger partial charge is 0.493 e. The molecule has 31 heavy (non-hydrogen) atoms. The number of nitrogens with one attached hydrogen (secondary N) is 1. The highest BCUT2D eigenvalue weighted by atomic mass is 32.2. The van der Waals surface area contributed by atoms with E-state index < -0.39 is 17.8 Å². The maximum Gasteiger partial charge on any atom is 0.387 e. The number of thioether (sulfide) groups is 1. The van der Waals surface area contributed by atoms with Gasteiger partial charge in [0.15, 0.2) is 11.5 Å². The Balaban J connectivity index is 1.95. The molecule has 0 saturated carbocycles. The summed E-state index contributed by atoms with van der Waals surface area (Å²) in [7, 11) is 1.30. The van der Waals surface area contributed by atoms with Gasteiger partial charge in [-0.3, -0.25) is 19.3 Å². The van der Waals surface area contributed by atoms with Gasteiger partial charge in [0.2, 0.25) is 5.91 Å². The van der Waals surface area contributed by atoms with Crippen molar-refractivity contribution in [3.05, 3.63) is 28.7 Å². The van der Waals surface area contributed by atoms with Gasteiger partial charge in [-0.1, -0.05) is 6.07 Å². The molecule has 1 aliphatic rings. The molecule has 1 N–H and O–H groups in total. The van der Waals surface area contributed by atoms with Crippen molar-refractivity contribution in [3.8, 4) is 11.5 Å². The first-order chi connectivity index (χ1) is 14.7. The minimum Gasteiger partial charge on any atom is -0.493 e. The second-order valence-electron chi connectivity index (χ2n) is 6.64. The number of methoxy groups -OCH3 is 1. The molecule has 1 aromatic carbocycles. The molecule has 1 fully saturated rings. The van der Waals surface area contributed by atoms with Gasteiger partial charge in [0.25, 0.3) is 11.1 Å². The lowest BCUT2D eigenvalue weighted by Gasteiger charge is -2.13. The normalized spacial score (nSPS) is 15.3. The number of benzene rings is 1. The maximum atomic E-state index is 12.5. The summed E-state index contributed by atoms with van der Waals surface area (Å²) in [5.74, 6) is -0.810. The number of rotatable bonds is 11. The highest BCUT2D eigenvalue weighted by Crippen LogP contribution is 2.34. The Labute approximate surface area is 182 Å². The zero-order chi connectivity index (χ0) is 23.0. The number of hydrogen-bond donors (Lipinski definition) is 1. The third-order valence-corrected chi connectivity index (χ3v) is 4.92. The molecule has 170 valence electrons. The Hall–Kier alpha value is -2.66. The number of carbonyl (C=O) groups is 3. The fourth-order valence-corrected chi connectivity index (χ4v) is 3.46. The van der Waals surface area contributed by atoms with Crippen LogP contribution in [0.25, 0.3) is 6.08 Å². The molecule has 11 heteroatoms. The molecule has 1 heterocycles. The summed E-state index contributed by atoms with van der Waals surface area (Å²) in [5, 5.41) is 2.18. The van der Waals surface area contributed by atoms with Crippen LogP contribution in [-0.2, 0) is 14.3 Å². The highest BCUT2D eigenvalue weighted by molar-refractivity contribution is 8.18. The van der Waals surface area contributed by atoms with E-state index in [0.717, 1.165) is 16.7 Å². The van der Waals surface area contributed by atoms with Crippen LogP contribution in [0.1, 0.15) is 25.8 Å². The van der Waals surface area contributed by atoms with Crippen LogP contribution in [-0.4, -0.2) is 61.5 Å². The highest BCUT2D eigenvalue weighted by Gasteiger charge is 2.34. The molecular formula is C20H24F2N2O6S. The van der Waals surface area contributed by atoms with E-state index in [4.69, 9.17) is 9.47 Å². The minimum atomic E-state index is -3.00. The molecule has 1 saturated heterocycles. The Morgan fingerprint density at radius 3 is 2.65 bits per heavy atom. The average Bonchev–Trinajstić information content (AvgIpc) is 2.95. The summed E-state index contributed by atoms with van der Waals surface area (Å²) in [6.07, 6.45) is 1.68. The topological polar surface area (TPSA) is 94.2 Å². The van der Waals surface area contributed by atoms with E-state index in [9.17, 15) is 23.2 Å². The third-order valence-electron chi connectivity index (χ3n) is 4.01. The standard InChI is InChI=1S/C20H24F2N2O6S/c1-12(2)29-9-6-17(25)23-7-8-24-18(26)16(31-20(24)27)11-13-4-5-14(30-19(21)22)15(10-13)28-3/h4-5,10-12,19H,6-9H2,1-3H3,(H,23,25)/b16-11-. The molecule has 8 nitrogen and oxygen atoms in total. The fourth-order valence-electron chi connectivity index (χ4n) is 2.59. The summed E-state index contributed by atoms with van der Waals surface area (Å²) in [5.41, 5.74) is 0.474. The van der Waals surface area contributed by atoms with Crippen molar-refractivity contribution in [2.45, 2.75) is 33.0 Å². The van der Waals surface area contributed by atoms with Crippen LogP contribution in [0.2, 0.25) is 0 Å². The molecule has 0 radical (unpaired) electrons. The summed E-state index contributed by atoms with van der Waals surface area (Å²) < 4.78 is 39.6. The smallest absolute Gasteiger partial charge is 0.387 e. The first-order valence-corrected chi connectivity index (χ1v) is 10.3. The molecular weight excluding hydrogens is 434 g/mol. The van der Waals surface area contributed by atoms with Gasteiger partial charge in [0.1, 0.15) is 0 Å². The summed E-state index contributed by atoms with van der Waals surface area (Å²) in [6.45, 7) is 1.18. The van der Waals surface area contributed by atoms with Gasteiger partial charge < -0.3 is 19.5 Å². The predicted octanol–water partition coefficient (Wildman–Crippen LogP) is 3.26. The lowest BCUT2D eigenvalue weighted by atomic mass is 10.2. The zero-order valence-electron chi connectivity index (χ0n) is 17.4. The van der Waals surface area contributed by atoms with Crippen molar-refractivity contribution in [1.82, 2.24) is 10.2 Å². The van der Waals surface area contributed by atoms with Gasteiger partial charge >= 0.3 is 6.61 Å². The lowest BCUT2D eigenvalue weighted by molar-refractivity contribution is -0.125. The van der Waals surface area contributed by atoms with Crippen LogP contribution in [0.5, 0.6) is 11.5 Å². The average molecular weight is 458 g/mol. The number of halogens is 2. The molecule has 1 aromatic rings. The molecule has 0 aromatic heterocycles. The van der Waals surface area contributed by atoms with Gasteiger partial charge in [0.05, 0.1) is 24.7 Å². The Kier molecular flexibility index (Phi) is 9.25. The lowest BCUT2D eigenvalue weighted by Crippen LogP contribution is -2.37. The van der Waals surface area contributed by atoms with E-state index in [1.165, 1.54) is 31.4 Å². The zero-order valence-corrected chi connectivity index (χ0v) is 18.2. The van der Waals surface area contributed by atoms with E-state index in [2.05, 4.69) is 10.1 Å². The number of alkyl halides is 2. The van der Waals surface area contributed by atoms with Crippen LogP contribution in [0, 0.1) is 0 Å². The molecule has 1 aliphatic heterocycles. The molecule has 2 rings (SSSR count). The monoisotopic (exact) mass is 458 g/mol. The summed E-state index contributed by atoms with van der Waals surface area (Å²) in [4.78, 5) is 37.7. The quantitative estimate of drug-likeness (QED) is 0.509. The Morgan fingerprint density at radius 1 is 1.26 bits per heavy atom. The maximum absolute atomic E-state index is 12.5. The second kappa shape index (κ2) is 11.7. The van der Waals surface area contributed by atoms with Crippen LogP contribution in [0.4, 0.5) is 13.6 Å². The van der Waals surface area contributed by atoms with Gasteiger partial charge in [0, 0.05) is 19.5 Å². The van der Waals surface area contributed by atoms with E-state index >= 15 is 0 Å². The Bertz CT molecular complexity index is 847. The minimum absolute atomic E-state index is 0.0304. The number of carbonyl (C=O) groups excluding carboxylic acids is 3. The number of nitrogens with zero attached hydrogens (tertiary/aromatic N) is 1. The first-order valence-electron chi connectivity index (χ1n) is 9.47. The van der Waals surface area contributed by atoms with Crippen LogP contribution in [0.15, 0.2) is 23.1 Å². The van der Waals surface area contributed by atoms with Gasteiger partial charge in [-0.05, 0) is 49.4 Å². The SMILES string of the molecule is COc1cc(/C=C2\SC(=O)N(CCNC(=O)CCOC(C)C)C2=O)ccc1OC(F)F. The molecule has 0 aliphatic carbocycles. The molecule has 3 amide bonds. The van der Waals surface area contributed by atoms with Crippen molar-refractivity contribution in [2.24, 2.45) is 0 Å². The van der Waals surface area contributed by atoms with E-state index in [0.29, 0.717) is 12.2 Å². The number of ether oxygens (including phenoxy) is 3. The van der Waals surface area contributed by atoms with Crippen molar-refractivity contribution in [3.63, 3.8) is 0 Å². The van der Waals surface area contributed by atoms with Gasteiger partial charge in [-0.15, -0.1) is 0 Å².